The van der Waals surface area contributed by atoms with Gasteiger partial charge in [0.05, 0.1) is 17.3 Å². The molecule has 2 aromatic rings. The fraction of sp³-hybridized carbons (Fsp3) is 0.412. The third-order valence-corrected chi connectivity index (χ3v) is 4.85. The molecule has 0 aliphatic rings. The number of carboxylic acids is 1. The second kappa shape index (κ2) is 6.92. The molecule has 0 aliphatic carbocycles. The molecule has 4 nitrogen and oxygen atoms in total. The van der Waals surface area contributed by atoms with Gasteiger partial charge in [-0.15, -0.1) is 11.3 Å². The van der Waals surface area contributed by atoms with E-state index >= 15 is 0 Å². The van der Waals surface area contributed by atoms with Crippen molar-refractivity contribution in [2.75, 3.05) is 6.61 Å². The molecule has 1 aromatic carbocycles. The smallest absolute Gasteiger partial charge is 0.347 e. The highest BCUT2D eigenvalue weighted by Gasteiger charge is 2.16. The highest BCUT2D eigenvalue weighted by molar-refractivity contribution is 7.13. The van der Waals surface area contributed by atoms with Crippen molar-refractivity contribution in [3.63, 3.8) is 0 Å². The van der Waals surface area contributed by atoms with Gasteiger partial charge in [-0.2, -0.15) is 0 Å². The molecule has 0 spiro atoms. The molecular weight excluding hydrogens is 298 g/mol. The topological polar surface area (TPSA) is 59.4 Å². The number of hydrogen-bond donors (Lipinski definition) is 1. The molecule has 0 fully saturated rings. The molecule has 0 bridgehead atoms. The van der Waals surface area contributed by atoms with Gasteiger partial charge in [-0.3, -0.25) is 0 Å². The second-order valence-electron chi connectivity index (χ2n) is 5.29. The van der Waals surface area contributed by atoms with Crippen LogP contribution in [-0.4, -0.2) is 22.7 Å². The standard InChI is InChI=1S/C17H21NO3S/c1-5-13-16(17(19)20)22-14(18-13)8-9-21-15-11(3)7-6-10(2)12(15)4/h6-7H,5,8-9H2,1-4H3,(H,19,20). The van der Waals surface area contributed by atoms with Crippen LogP contribution >= 0.6 is 11.3 Å². The number of ether oxygens (including phenoxy) is 1. The molecule has 0 amide bonds. The molecule has 118 valence electrons. The Morgan fingerprint density at radius 1 is 1.27 bits per heavy atom. The Morgan fingerprint density at radius 2 is 1.95 bits per heavy atom. The summed E-state index contributed by atoms with van der Waals surface area (Å²) in [4.78, 5) is 15.9. The molecule has 0 saturated carbocycles. The Morgan fingerprint density at radius 3 is 2.55 bits per heavy atom. The second-order valence-corrected chi connectivity index (χ2v) is 6.38. The van der Waals surface area contributed by atoms with Gasteiger partial charge in [0.25, 0.3) is 0 Å². The van der Waals surface area contributed by atoms with Gasteiger partial charge in [0.2, 0.25) is 0 Å². The van der Waals surface area contributed by atoms with Crippen molar-refractivity contribution < 1.29 is 14.6 Å². The number of aryl methyl sites for hydroxylation is 3. The summed E-state index contributed by atoms with van der Waals surface area (Å²) in [6, 6.07) is 4.14. The number of benzene rings is 1. The van der Waals surface area contributed by atoms with E-state index in [-0.39, 0.29) is 0 Å². The van der Waals surface area contributed by atoms with Gasteiger partial charge in [0.1, 0.15) is 10.6 Å². The Kier molecular flexibility index (Phi) is 5.19. The lowest BCUT2D eigenvalue weighted by Crippen LogP contribution is -2.04. The molecule has 0 atom stereocenters. The van der Waals surface area contributed by atoms with Gasteiger partial charge < -0.3 is 9.84 Å². The lowest BCUT2D eigenvalue weighted by atomic mass is 10.1. The highest BCUT2D eigenvalue weighted by atomic mass is 32.1. The molecule has 0 unspecified atom stereocenters. The predicted molar refractivity (Wildman–Crippen MR) is 88.3 cm³/mol. The third kappa shape index (κ3) is 3.47. The van der Waals surface area contributed by atoms with Crippen LogP contribution in [0.1, 0.15) is 44.0 Å². The Labute approximate surface area is 134 Å². The minimum atomic E-state index is -0.896. The van der Waals surface area contributed by atoms with Crippen molar-refractivity contribution in [1.29, 1.82) is 0 Å². The van der Waals surface area contributed by atoms with Gasteiger partial charge >= 0.3 is 5.97 Å². The summed E-state index contributed by atoms with van der Waals surface area (Å²) in [6.45, 7) is 8.57. The summed E-state index contributed by atoms with van der Waals surface area (Å²) in [5, 5.41) is 9.97. The first-order valence-corrected chi connectivity index (χ1v) is 8.17. The van der Waals surface area contributed by atoms with Crippen molar-refractivity contribution >= 4 is 17.3 Å². The fourth-order valence-electron chi connectivity index (χ4n) is 2.30. The highest BCUT2D eigenvalue weighted by Crippen LogP contribution is 2.26. The van der Waals surface area contributed by atoms with Crippen molar-refractivity contribution in [2.45, 2.75) is 40.5 Å². The molecule has 1 heterocycles. The molecule has 0 aliphatic heterocycles. The van der Waals surface area contributed by atoms with E-state index in [0.29, 0.717) is 30.0 Å². The van der Waals surface area contributed by atoms with Crippen LogP contribution in [0.5, 0.6) is 5.75 Å². The molecule has 1 N–H and O–H groups in total. The van der Waals surface area contributed by atoms with Crippen molar-refractivity contribution in [3.05, 3.63) is 44.4 Å². The number of aromatic nitrogens is 1. The average Bonchev–Trinajstić information content (AvgIpc) is 2.90. The van der Waals surface area contributed by atoms with E-state index in [4.69, 9.17) is 9.84 Å². The Hall–Kier alpha value is -1.88. The Balaban J connectivity index is 2.06. The zero-order valence-corrected chi connectivity index (χ0v) is 14.2. The maximum Gasteiger partial charge on any atom is 0.347 e. The zero-order chi connectivity index (χ0) is 16.3. The van der Waals surface area contributed by atoms with Crippen molar-refractivity contribution in [2.24, 2.45) is 0 Å². The van der Waals surface area contributed by atoms with Gasteiger partial charge in [-0.25, -0.2) is 9.78 Å². The van der Waals surface area contributed by atoms with Crippen LogP contribution in [0.4, 0.5) is 0 Å². The first-order valence-electron chi connectivity index (χ1n) is 7.35. The summed E-state index contributed by atoms with van der Waals surface area (Å²) < 4.78 is 5.91. The number of hydrogen-bond acceptors (Lipinski definition) is 4. The van der Waals surface area contributed by atoms with Crippen molar-refractivity contribution in [1.82, 2.24) is 4.98 Å². The van der Waals surface area contributed by atoms with E-state index in [0.717, 1.165) is 21.9 Å². The summed E-state index contributed by atoms with van der Waals surface area (Å²) in [5.74, 6) is 0.0256. The van der Waals surface area contributed by atoms with Crippen molar-refractivity contribution in [3.8, 4) is 5.75 Å². The number of carboxylic acid groups (broad SMARTS) is 1. The lowest BCUT2D eigenvalue weighted by molar-refractivity contribution is 0.0701. The molecule has 2 rings (SSSR count). The lowest BCUT2D eigenvalue weighted by Gasteiger charge is -2.13. The number of thiazole rings is 1. The summed E-state index contributed by atoms with van der Waals surface area (Å²) in [6.07, 6.45) is 1.26. The predicted octanol–water partition coefficient (Wildman–Crippen LogP) is 3.95. The first kappa shape index (κ1) is 16.5. The van der Waals surface area contributed by atoms with Crippen LogP contribution in [0, 0.1) is 20.8 Å². The van der Waals surface area contributed by atoms with E-state index in [1.165, 1.54) is 16.9 Å². The van der Waals surface area contributed by atoms with E-state index < -0.39 is 5.97 Å². The fourth-order valence-corrected chi connectivity index (χ4v) is 3.27. The van der Waals surface area contributed by atoms with Gasteiger partial charge in [0.15, 0.2) is 0 Å². The number of nitrogens with zero attached hydrogens (tertiary/aromatic N) is 1. The third-order valence-electron chi connectivity index (χ3n) is 3.71. The van der Waals surface area contributed by atoms with E-state index in [1.54, 1.807) is 0 Å². The average molecular weight is 319 g/mol. The van der Waals surface area contributed by atoms with E-state index in [1.807, 2.05) is 13.8 Å². The number of rotatable bonds is 6. The first-order chi connectivity index (χ1) is 10.4. The van der Waals surface area contributed by atoms with Crippen LogP contribution in [0.15, 0.2) is 12.1 Å². The molecule has 5 heteroatoms. The SMILES string of the molecule is CCc1nc(CCOc2c(C)ccc(C)c2C)sc1C(=O)O. The van der Waals surface area contributed by atoms with Gasteiger partial charge in [-0.1, -0.05) is 19.1 Å². The molecule has 0 radical (unpaired) electrons. The van der Waals surface area contributed by atoms with Crippen LogP contribution in [-0.2, 0) is 12.8 Å². The molecule has 0 saturated heterocycles. The van der Waals surface area contributed by atoms with Crippen LogP contribution in [0.25, 0.3) is 0 Å². The summed E-state index contributed by atoms with van der Waals surface area (Å²) in [7, 11) is 0. The normalized spacial score (nSPS) is 10.7. The summed E-state index contributed by atoms with van der Waals surface area (Å²) >= 11 is 1.25. The maximum absolute atomic E-state index is 11.2. The van der Waals surface area contributed by atoms with E-state index in [9.17, 15) is 4.79 Å². The van der Waals surface area contributed by atoms with E-state index in [2.05, 4.69) is 31.0 Å². The van der Waals surface area contributed by atoms with Gasteiger partial charge in [0, 0.05) is 6.42 Å². The zero-order valence-electron chi connectivity index (χ0n) is 13.4. The van der Waals surface area contributed by atoms with Gasteiger partial charge in [-0.05, 0) is 43.9 Å². The van der Waals surface area contributed by atoms with Crippen LogP contribution in [0.3, 0.4) is 0 Å². The monoisotopic (exact) mass is 319 g/mol. The largest absolute Gasteiger partial charge is 0.493 e. The Bertz CT molecular complexity index is 691. The molecular formula is C17H21NO3S. The van der Waals surface area contributed by atoms with Crippen LogP contribution in [0.2, 0.25) is 0 Å². The molecule has 1 aromatic heterocycles. The quantitative estimate of drug-likeness (QED) is 0.876. The number of aromatic carboxylic acids is 1. The minimum absolute atomic E-state index is 0.348. The minimum Gasteiger partial charge on any atom is -0.493 e. The summed E-state index contributed by atoms with van der Waals surface area (Å²) in [5.41, 5.74) is 4.13. The number of carbonyl (C=O) groups is 1. The van der Waals surface area contributed by atoms with Crippen LogP contribution < -0.4 is 4.74 Å². The maximum atomic E-state index is 11.2. The molecule has 22 heavy (non-hydrogen) atoms.